The van der Waals surface area contributed by atoms with Crippen LogP contribution in [0.5, 0.6) is 0 Å². The van der Waals surface area contributed by atoms with Crippen molar-refractivity contribution in [2.45, 2.75) is 31.6 Å². The first kappa shape index (κ1) is 8.29. The molecule has 4 nitrogen and oxygen atoms in total. The first-order chi connectivity index (χ1) is 6.27. The molecule has 0 spiro atoms. The predicted molar refractivity (Wildman–Crippen MR) is 44.4 cm³/mol. The van der Waals surface area contributed by atoms with Gasteiger partial charge in [0.1, 0.15) is 5.76 Å². The fourth-order valence-electron chi connectivity index (χ4n) is 1.38. The lowest BCUT2D eigenvalue weighted by Crippen LogP contribution is -1.98. The number of carboxylic acid groups (broad SMARTS) is 1. The van der Waals surface area contributed by atoms with Gasteiger partial charge < -0.3 is 9.63 Å². The molecule has 0 atom stereocenters. The van der Waals surface area contributed by atoms with Crippen LogP contribution in [0.4, 0.5) is 0 Å². The molecule has 0 bridgehead atoms. The predicted octanol–water partition coefficient (Wildman–Crippen LogP) is 1.57. The number of aryl methyl sites for hydroxylation is 1. The van der Waals surface area contributed by atoms with Crippen LogP contribution in [0.1, 0.15) is 36.5 Å². The molecule has 70 valence electrons. The van der Waals surface area contributed by atoms with Crippen molar-refractivity contribution in [1.82, 2.24) is 5.16 Å². The highest BCUT2D eigenvalue weighted by atomic mass is 16.5. The zero-order chi connectivity index (χ0) is 9.26. The van der Waals surface area contributed by atoms with E-state index in [1.165, 1.54) is 0 Å². The van der Waals surface area contributed by atoms with Gasteiger partial charge in [0.25, 0.3) is 0 Å². The van der Waals surface area contributed by atoms with E-state index in [1.54, 1.807) is 6.20 Å². The Hall–Kier alpha value is -1.32. The van der Waals surface area contributed by atoms with Crippen LogP contribution in [0.15, 0.2) is 10.7 Å². The van der Waals surface area contributed by atoms with Crippen molar-refractivity contribution in [1.29, 1.82) is 0 Å². The van der Waals surface area contributed by atoms with Crippen LogP contribution >= 0.6 is 0 Å². The van der Waals surface area contributed by atoms with Crippen LogP contribution in [0, 0.1) is 0 Å². The third kappa shape index (κ3) is 1.88. The SMILES string of the molecule is O=C(O)CCc1cnoc1C1CC1. The van der Waals surface area contributed by atoms with E-state index >= 15 is 0 Å². The van der Waals surface area contributed by atoms with Crippen molar-refractivity contribution in [2.24, 2.45) is 0 Å². The topological polar surface area (TPSA) is 63.3 Å². The Labute approximate surface area is 75.5 Å². The Morgan fingerprint density at radius 3 is 3.08 bits per heavy atom. The van der Waals surface area contributed by atoms with Crippen LogP contribution in [0.25, 0.3) is 0 Å². The molecule has 1 N–H and O–H groups in total. The van der Waals surface area contributed by atoms with E-state index in [0.29, 0.717) is 12.3 Å². The minimum atomic E-state index is -0.775. The average Bonchev–Trinajstić information content (AvgIpc) is 2.82. The summed E-state index contributed by atoms with van der Waals surface area (Å²) in [6, 6.07) is 0. The highest BCUT2D eigenvalue weighted by Crippen LogP contribution is 2.41. The fraction of sp³-hybridized carbons (Fsp3) is 0.556. The summed E-state index contributed by atoms with van der Waals surface area (Å²) in [5.41, 5.74) is 0.963. The summed E-state index contributed by atoms with van der Waals surface area (Å²) in [4.78, 5) is 10.3. The summed E-state index contributed by atoms with van der Waals surface area (Å²) in [5, 5.41) is 12.2. The third-order valence-electron chi connectivity index (χ3n) is 2.23. The number of nitrogens with zero attached hydrogens (tertiary/aromatic N) is 1. The molecule has 1 heterocycles. The lowest BCUT2D eigenvalue weighted by Gasteiger charge is -1.95. The molecular formula is C9H11NO3. The van der Waals surface area contributed by atoms with E-state index in [4.69, 9.17) is 9.63 Å². The number of rotatable bonds is 4. The highest BCUT2D eigenvalue weighted by Gasteiger charge is 2.29. The molecule has 4 heteroatoms. The van der Waals surface area contributed by atoms with Crippen molar-refractivity contribution < 1.29 is 14.4 Å². The van der Waals surface area contributed by atoms with Gasteiger partial charge >= 0.3 is 5.97 Å². The summed E-state index contributed by atoms with van der Waals surface area (Å²) < 4.78 is 5.08. The van der Waals surface area contributed by atoms with E-state index in [0.717, 1.165) is 24.2 Å². The Morgan fingerprint density at radius 2 is 2.46 bits per heavy atom. The van der Waals surface area contributed by atoms with Gasteiger partial charge in [0.2, 0.25) is 0 Å². The van der Waals surface area contributed by atoms with Crippen LogP contribution in [-0.2, 0) is 11.2 Å². The molecule has 1 aromatic heterocycles. The molecule has 0 unspecified atom stereocenters. The number of hydrogen-bond acceptors (Lipinski definition) is 3. The minimum Gasteiger partial charge on any atom is -0.481 e. The second kappa shape index (κ2) is 3.20. The molecule has 0 saturated heterocycles. The molecule has 0 aromatic carbocycles. The Bertz CT molecular complexity index is 314. The first-order valence-corrected chi connectivity index (χ1v) is 4.42. The molecule has 1 aromatic rings. The van der Waals surface area contributed by atoms with E-state index in [-0.39, 0.29) is 6.42 Å². The first-order valence-electron chi connectivity index (χ1n) is 4.42. The molecule has 1 saturated carbocycles. The van der Waals surface area contributed by atoms with Crippen molar-refractivity contribution in [3.05, 3.63) is 17.5 Å². The lowest BCUT2D eigenvalue weighted by molar-refractivity contribution is -0.136. The summed E-state index contributed by atoms with van der Waals surface area (Å²) in [6.07, 6.45) is 4.62. The second-order valence-electron chi connectivity index (χ2n) is 3.38. The van der Waals surface area contributed by atoms with Crippen LogP contribution in [0.3, 0.4) is 0 Å². The minimum absolute atomic E-state index is 0.154. The molecule has 0 radical (unpaired) electrons. The number of aliphatic carboxylic acids is 1. The standard InChI is InChI=1S/C9H11NO3/c11-8(12)4-3-7-5-10-13-9(7)6-1-2-6/h5-6H,1-4H2,(H,11,12). The van der Waals surface area contributed by atoms with Gasteiger partial charge in [0.05, 0.1) is 6.20 Å². The highest BCUT2D eigenvalue weighted by molar-refractivity contribution is 5.67. The summed E-state index contributed by atoms with van der Waals surface area (Å²) >= 11 is 0. The Kier molecular flexibility index (Phi) is 2.04. The van der Waals surface area contributed by atoms with E-state index in [2.05, 4.69) is 5.16 Å². The van der Waals surface area contributed by atoms with Crippen molar-refractivity contribution in [3.8, 4) is 0 Å². The van der Waals surface area contributed by atoms with Gasteiger partial charge in [-0.15, -0.1) is 0 Å². The van der Waals surface area contributed by atoms with Gasteiger partial charge in [0, 0.05) is 17.9 Å². The fourth-order valence-corrected chi connectivity index (χ4v) is 1.38. The zero-order valence-corrected chi connectivity index (χ0v) is 7.19. The number of hydrogen-bond donors (Lipinski definition) is 1. The average molecular weight is 181 g/mol. The summed E-state index contributed by atoms with van der Waals surface area (Å²) in [6.45, 7) is 0. The van der Waals surface area contributed by atoms with Gasteiger partial charge in [-0.2, -0.15) is 0 Å². The quantitative estimate of drug-likeness (QED) is 0.765. The zero-order valence-electron chi connectivity index (χ0n) is 7.19. The second-order valence-corrected chi connectivity index (χ2v) is 3.38. The maximum atomic E-state index is 10.3. The molecule has 0 aliphatic heterocycles. The van der Waals surface area contributed by atoms with Gasteiger partial charge in [-0.3, -0.25) is 4.79 Å². The Morgan fingerprint density at radius 1 is 1.69 bits per heavy atom. The van der Waals surface area contributed by atoms with Gasteiger partial charge in [-0.1, -0.05) is 5.16 Å². The number of carboxylic acids is 1. The molecule has 2 rings (SSSR count). The summed E-state index contributed by atoms with van der Waals surface area (Å²) in [7, 11) is 0. The monoisotopic (exact) mass is 181 g/mol. The molecule has 1 aliphatic rings. The van der Waals surface area contributed by atoms with Crippen molar-refractivity contribution in [3.63, 3.8) is 0 Å². The molecule has 1 fully saturated rings. The smallest absolute Gasteiger partial charge is 0.303 e. The third-order valence-corrected chi connectivity index (χ3v) is 2.23. The van der Waals surface area contributed by atoms with Gasteiger partial charge in [0.15, 0.2) is 0 Å². The van der Waals surface area contributed by atoms with Crippen LogP contribution in [-0.4, -0.2) is 16.2 Å². The van der Waals surface area contributed by atoms with Gasteiger partial charge in [-0.05, 0) is 19.3 Å². The molecule has 1 aliphatic carbocycles. The summed E-state index contributed by atoms with van der Waals surface area (Å²) in [5.74, 6) is 0.635. The molecular weight excluding hydrogens is 170 g/mol. The Balaban J connectivity index is 2.02. The number of carbonyl (C=O) groups is 1. The van der Waals surface area contributed by atoms with E-state index in [1.807, 2.05) is 0 Å². The van der Waals surface area contributed by atoms with Crippen molar-refractivity contribution >= 4 is 5.97 Å². The normalized spacial score (nSPS) is 16.0. The largest absolute Gasteiger partial charge is 0.481 e. The maximum absolute atomic E-state index is 10.3. The van der Waals surface area contributed by atoms with Crippen LogP contribution in [0.2, 0.25) is 0 Å². The molecule has 0 amide bonds. The number of aromatic nitrogens is 1. The van der Waals surface area contributed by atoms with Crippen LogP contribution < -0.4 is 0 Å². The van der Waals surface area contributed by atoms with Gasteiger partial charge in [-0.25, -0.2) is 0 Å². The van der Waals surface area contributed by atoms with E-state index < -0.39 is 5.97 Å². The van der Waals surface area contributed by atoms with Crippen molar-refractivity contribution in [2.75, 3.05) is 0 Å². The maximum Gasteiger partial charge on any atom is 0.303 e. The lowest BCUT2D eigenvalue weighted by atomic mass is 10.1. The molecule has 13 heavy (non-hydrogen) atoms. The van der Waals surface area contributed by atoms with E-state index in [9.17, 15) is 4.79 Å².